The van der Waals surface area contributed by atoms with Crippen molar-refractivity contribution in [1.29, 1.82) is 0 Å². The number of amides is 2. The van der Waals surface area contributed by atoms with Gasteiger partial charge in [-0.25, -0.2) is 4.79 Å². The number of hydrogen-bond acceptors (Lipinski definition) is 9. The van der Waals surface area contributed by atoms with Gasteiger partial charge in [-0.3, -0.25) is 9.78 Å². The first-order valence-corrected chi connectivity index (χ1v) is 13.8. The van der Waals surface area contributed by atoms with Crippen LogP contribution in [0.2, 0.25) is 0 Å². The summed E-state index contributed by atoms with van der Waals surface area (Å²) in [4.78, 5) is 47.8. The van der Waals surface area contributed by atoms with Crippen molar-refractivity contribution in [1.82, 2.24) is 25.0 Å². The number of hydrogen-bond donors (Lipinski definition) is 0. The van der Waals surface area contributed by atoms with Gasteiger partial charge < -0.3 is 28.6 Å². The highest BCUT2D eigenvalue weighted by Gasteiger charge is 2.30. The lowest BCUT2D eigenvalue weighted by molar-refractivity contribution is -0.111. The van der Waals surface area contributed by atoms with Crippen molar-refractivity contribution < 1.29 is 32.3 Å². The second kappa shape index (κ2) is 12.4. The van der Waals surface area contributed by atoms with Crippen LogP contribution in [0.1, 0.15) is 68.6 Å². The smallest absolute Gasteiger partial charge is 0.410 e. The number of piperazine rings is 1. The van der Waals surface area contributed by atoms with Gasteiger partial charge in [0.15, 0.2) is 0 Å². The average molecular weight is 599 g/mol. The van der Waals surface area contributed by atoms with Gasteiger partial charge >= 0.3 is 12.5 Å². The summed E-state index contributed by atoms with van der Waals surface area (Å²) < 4.78 is 36.0. The van der Waals surface area contributed by atoms with Gasteiger partial charge in [-0.15, -0.1) is 10.2 Å². The fourth-order valence-electron chi connectivity index (χ4n) is 4.61. The predicted octanol–water partition coefficient (Wildman–Crippen LogP) is 4.88. The average Bonchev–Trinajstić information content (AvgIpc) is 3.47. The molecule has 3 aromatic rings. The number of benzene rings is 1. The van der Waals surface area contributed by atoms with Crippen molar-refractivity contribution in [3.05, 3.63) is 59.2 Å². The number of aromatic nitrogens is 3. The van der Waals surface area contributed by atoms with Crippen LogP contribution in [0.3, 0.4) is 0 Å². The molecule has 13 heteroatoms. The van der Waals surface area contributed by atoms with E-state index < -0.39 is 23.3 Å². The second-order valence-electron chi connectivity index (χ2n) is 12.0. The number of carbonyl (C=O) groups is 3. The van der Waals surface area contributed by atoms with Gasteiger partial charge in [0.25, 0.3) is 11.8 Å². The largest absolute Gasteiger partial charge is 0.444 e. The quantitative estimate of drug-likeness (QED) is 0.334. The first kappa shape index (κ1) is 31.5. The van der Waals surface area contributed by atoms with E-state index in [1.807, 2.05) is 26.8 Å². The molecule has 3 heterocycles. The third kappa shape index (κ3) is 7.51. The summed E-state index contributed by atoms with van der Waals surface area (Å²) in [6.45, 7) is 11.2. The van der Waals surface area contributed by atoms with E-state index in [0.717, 1.165) is 12.0 Å². The molecule has 0 saturated carbocycles. The van der Waals surface area contributed by atoms with Crippen molar-refractivity contribution in [2.24, 2.45) is 0 Å². The molecule has 4 rings (SSSR count). The van der Waals surface area contributed by atoms with Crippen LogP contribution in [0.15, 0.2) is 40.9 Å². The summed E-state index contributed by atoms with van der Waals surface area (Å²) in [6.07, 6.45) is -1.00. The topological polar surface area (TPSA) is 122 Å². The Labute approximate surface area is 248 Å². The number of halogens is 2. The zero-order valence-corrected chi connectivity index (χ0v) is 25.1. The van der Waals surface area contributed by atoms with Gasteiger partial charge in [0, 0.05) is 56.1 Å². The Morgan fingerprint density at radius 3 is 2.33 bits per heavy atom. The van der Waals surface area contributed by atoms with E-state index in [9.17, 15) is 23.2 Å². The van der Waals surface area contributed by atoms with E-state index in [2.05, 4.69) is 20.1 Å². The highest BCUT2D eigenvalue weighted by molar-refractivity contribution is 5.98. The van der Waals surface area contributed by atoms with E-state index in [-0.39, 0.29) is 24.4 Å². The molecule has 2 amide bonds. The van der Waals surface area contributed by atoms with Crippen molar-refractivity contribution in [3.8, 4) is 11.5 Å². The normalized spacial score (nSPS) is 14.2. The molecule has 43 heavy (non-hydrogen) atoms. The molecule has 0 bridgehead atoms. The number of pyridine rings is 1. The molecular formula is C30H36F2N6O5. The van der Waals surface area contributed by atoms with Crippen molar-refractivity contribution in [3.63, 3.8) is 0 Å². The summed E-state index contributed by atoms with van der Waals surface area (Å²) in [5.74, 6) is -1.16. The molecule has 0 atom stereocenters. The maximum absolute atomic E-state index is 13.8. The van der Waals surface area contributed by atoms with Crippen molar-refractivity contribution in [2.75, 3.05) is 38.1 Å². The fraction of sp³-hybridized carbons (Fsp3) is 0.467. The molecule has 1 aromatic carbocycles. The van der Waals surface area contributed by atoms with Crippen LogP contribution < -0.4 is 4.90 Å². The van der Waals surface area contributed by atoms with Crippen LogP contribution in [0, 0.1) is 0 Å². The molecule has 1 saturated heterocycles. The van der Waals surface area contributed by atoms with Crippen LogP contribution in [0.4, 0.5) is 19.3 Å². The number of ether oxygens (including phenoxy) is 1. The van der Waals surface area contributed by atoms with Gasteiger partial charge in [0.1, 0.15) is 11.9 Å². The predicted molar refractivity (Wildman–Crippen MR) is 154 cm³/mol. The molecule has 0 unspecified atom stereocenters. The Morgan fingerprint density at radius 1 is 1.07 bits per heavy atom. The maximum atomic E-state index is 13.8. The summed E-state index contributed by atoms with van der Waals surface area (Å²) >= 11 is 0. The minimum atomic E-state index is -2.87. The summed E-state index contributed by atoms with van der Waals surface area (Å²) in [5.41, 5.74) is 1.18. The van der Waals surface area contributed by atoms with Gasteiger partial charge in [-0.1, -0.05) is 6.07 Å². The molecule has 0 radical (unpaired) electrons. The Kier molecular flexibility index (Phi) is 9.12. The molecule has 0 spiro atoms. The molecule has 1 aliphatic rings. The number of alkyl halides is 2. The van der Waals surface area contributed by atoms with Crippen LogP contribution in [-0.4, -0.2) is 82.1 Å². The summed E-state index contributed by atoms with van der Waals surface area (Å²) in [6, 6.07) is 8.72. The van der Waals surface area contributed by atoms with Gasteiger partial charge in [-0.2, -0.15) is 8.78 Å². The fourth-order valence-corrected chi connectivity index (χ4v) is 4.61. The van der Waals surface area contributed by atoms with Crippen LogP contribution in [0.25, 0.3) is 11.5 Å². The second-order valence-corrected chi connectivity index (χ2v) is 12.0. The Bertz CT molecular complexity index is 1460. The molecule has 2 aromatic heterocycles. The van der Waals surface area contributed by atoms with Crippen molar-refractivity contribution >= 4 is 24.0 Å². The van der Waals surface area contributed by atoms with E-state index in [1.54, 1.807) is 50.1 Å². The molecule has 0 aliphatic carbocycles. The van der Waals surface area contributed by atoms with Gasteiger partial charge in [-0.05, 0) is 64.4 Å². The number of carbonyl (C=O) groups excluding carboxylic acids is 3. The molecular weight excluding hydrogens is 562 g/mol. The van der Waals surface area contributed by atoms with E-state index >= 15 is 0 Å². The zero-order chi connectivity index (χ0) is 31.5. The molecule has 11 nitrogen and oxygen atoms in total. The molecule has 0 N–H and O–H groups in total. The summed E-state index contributed by atoms with van der Waals surface area (Å²) in [7, 11) is 1.63. The SMILES string of the molecule is CN(Cc1ccc(-c2nnc(C(F)F)o2)cn1)C(=O)c1cc(N2CCN(C(=O)OC(C)(C)C)CC2)ccc1C(C)(C)C=O. The van der Waals surface area contributed by atoms with E-state index in [4.69, 9.17) is 9.15 Å². The maximum Gasteiger partial charge on any atom is 0.410 e. The minimum absolute atomic E-state index is 0.0803. The number of aldehydes is 1. The Morgan fingerprint density at radius 2 is 1.77 bits per heavy atom. The minimum Gasteiger partial charge on any atom is -0.444 e. The Hall–Kier alpha value is -4.42. The van der Waals surface area contributed by atoms with E-state index in [0.29, 0.717) is 48.6 Å². The molecule has 230 valence electrons. The lowest BCUT2D eigenvalue weighted by atomic mass is 9.82. The standard InChI is InChI=1S/C30H36F2N6O5/c1-29(2,3)43-28(41)38-13-11-37(12-14-38)21-9-10-23(30(4,5)18-39)22(15-21)27(40)36(6)17-20-8-7-19(16-33-20)25-34-35-26(42-25)24(31)32/h7-10,15-16,18,24H,11-14,17H2,1-6H3. The van der Waals surface area contributed by atoms with Crippen LogP contribution >= 0.6 is 0 Å². The third-order valence-corrected chi connectivity index (χ3v) is 6.96. The highest BCUT2D eigenvalue weighted by Crippen LogP contribution is 2.30. The zero-order valence-electron chi connectivity index (χ0n) is 25.1. The molecule has 1 fully saturated rings. The highest BCUT2D eigenvalue weighted by atomic mass is 19.3. The Balaban J connectivity index is 1.50. The van der Waals surface area contributed by atoms with Crippen LogP contribution in [-0.2, 0) is 21.5 Å². The third-order valence-electron chi connectivity index (χ3n) is 6.96. The van der Waals surface area contributed by atoms with Crippen molar-refractivity contribution in [2.45, 2.75) is 58.6 Å². The summed E-state index contributed by atoms with van der Waals surface area (Å²) in [5, 5.41) is 6.94. The van der Waals surface area contributed by atoms with Crippen LogP contribution in [0.5, 0.6) is 0 Å². The lowest BCUT2D eigenvalue weighted by Gasteiger charge is -2.37. The van der Waals surface area contributed by atoms with Gasteiger partial charge in [0.05, 0.1) is 17.8 Å². The van der Waals surface area contributed by atoms with Gasteiger partial charge in [0.2, 0.25) is 5.89 Å². The molecule has 1 aliphatic heterocycles. The number of rotatable bonds is 8. The van der Waals surface area contributed by atoms with E-state index in [1.165, 1.54) is 11.1 Å². The monoisotopic (exact) mass is 598 g/mol. The number of anilines is 1. The first-order valence-electron chi connectivity index (χ1n) is 13.8. The first-order chi connectivity index (χ1) is 20.2. The lowest BCUT2D eigenvalue weighted by Crippen LogP contribution is -2.50. The number of nitrogens with zero attached hydrogens (tertiary/aromatic N) is 6.